The van der Waals surface area contributed by atoms with Crippen molar-refractivity contribution in [3.05, 3.63) is 64.8 Å². The van der Waals surface area contributed by atoms with Crippen molar-refractivity contribution < 1.29 is 37.5 Å². The fourth-order valence-corrected chi connectivity index (χ4v) is 5.74. The number of nitrogens with one attached hydrogen (secondary N) is 3. The molecule has 1 saturated heterocycles. The zero-order chi connectivity index (χ0) is 32.3. The number of benzene rings is 2. The molecule has 4 N–H and O–H groups in total. The number of carboxylic acid groups (broad SMARTS) is 1. The van der Waals surface area contributed by atoms with Crippen molar-refractivity contribution in [2.75, 3.05) is 32.1 Å². The van der Waals surface area contributed by atoms with Crippen molar-refractivity contribution >= 4 is 51.9 Å². The van der Waals surface area contributed by atoms with Crippen LogP contribution in [0.25, 0.3) is 10.9 Å². The summed E-state index contributed by atoms with van der Waals surface area (Å²) in [4.78, 5) is 55.0. The minimum atomic E-state index is -5.08. The Hall–Kier alpha value is -4.10. The Morgan fingerprint density at radius 1 is 1.16 bits per heavy atom. The molecule has 2 aromatic carbocycles. The number of hydrogen-bond acceptors (Lipinski definition) is 5. The van der Waals surface area contributed by atoms with Crippen LogP contribution in [0.15, 0.2) is 48.7 Å². The number of aromatic nitrogens is 1. The van der Waals surface area contributed by atoms with E-state index >= 15 is 0 Å². The number of hydrogen-bond donors (Lipinski definition) is 4. The van der Waals surface area contributed by atoms with Crippen molar-refractivity contribution in [1.82, 2.24) is 20.5 Å². The van der Waals surface area contributed by atoms with Crippen LogP contribution < -0.4 is 15.5 Å². The van der Waals surface area contributed by atoms with Crippen LogP contribution in [0.3, 0.4) is 0 Å². The number of rotatable bonds is 7. The van der Waals surface area contributed by atoms with Gasteiger partial charge in [0.15, 0.2) is 0 Å². The first kappa shape index (κ1) is 32.8. The SMILES string of the molecule is CC(c1c[nH]c2ccccc12)C(NC(=O)[C@@H]1CC(=O)N1)C(=O)N1C[C@@H](CN(C)C)Cc2cc(Cl)ccc21.O=C(O)C(F)(F)F. The van der Waals surface area contributed by atoms with Gasteiger partial charge in [-0.15, -0.1) is 0 Å². The van der Waals surface area contributed by atoms with E-state index in [1.807, 2.05) is 63.6 Å². The first-order valence-corrected chi connectivity index (χ1v) is 14.2. The van der Waals surface area contributed by atoms with E-state index in [1.165, 1.54) is 0 Å². The predicted molar refractivity (Wildman–Crippen MR) is 158 cm³/mol. The highest BCUT2D eigenvalue weighted by atomic mass is 35.5. The van der Waals surface area contributed by atoms with Crippen LogP contribution >= 0.6 is 11.6 Å². The second-order valence-electron chi connectivity index (χ2n) is 11.2. The van der Waals surface area contributed by atoms with E-state index in [2.05, 4.69) is 20.5 Å². The Labute approximate surface area is 256 Å². The molecule has 0 bridgehead atoms. The van der Waals surface area contributed by atoms with Gasteiger partial charge >= 0.3 is 12.1 Å². The molecule has 14 heteroatoms. The van der Waals surface area contributed by atoms with E-state index in [0.29, 0.717) is 11.6 Å². The Morgan fingerprint density at radius 2 is 1.82 bits per heavy atom. The van der Waals surface area contributed by atoms with Crippen LogP contribution in [0, 0.1) is 5.92 Å². The minimum absolute atomic E-state index is 0.129. The number of carboxylic acids is 1. The molecule has 3 aromatic rings. The van der Waals surface area contributed by atoms with Gasteiger partial charge in [0.25, 0.3) is 0 Å². The highest BCUT2D eigenvalue weighted by molar-refractivity contribution is 6.30. The maximum absolute atomic E-state index is 14.3. The number of anilines is 1. The second-order valence-corrected chi connectivity index (χ2v) is 11.7. The molecule has 0 spiro atoms. The lowest BCUT2D eigenvalue weighted by Gasteiger charge is -2.39. The zero-order valence-corrected chi connectivity index (χ0v) is 25.0. The van der Waals surface area contributed by atoms with Crippen LogP contribution in [-0.2, 0) is 25.6 Å². The topological polar surface area (TPSA) is 135 Å². The summed E-state index contributed by atoms with van der Waals surface area (Å²) < 4.78 is 31.7. The summed E-state index contributed by atoms with van der Waals surface area (Å²) >= 11 is 6.32. The second kappa shape index (κ2) is 13.3. The minimum Gasteiger partial charge on any atom is -0.475 e. The molecule has 0 aliphatic carbocycles. The van der Waals surface area contributed by atoms with Crippen LogP contribution in [0.5, 0.6) is 0 Å². The molecule has 2 aliphatic rings. The first-order chi connectivity index (χ1) is 20.6. The number of halogens is 4. The third-order valence-corrected chi connectivity index (χ3v) is 7.87. The lowest BCUT2D eigenvalue weighted by atomic mass is 9.88. The van der Waals surface area contributed by atoms with E-state index in [-0.39, 0.29) is 36.0 Å². The molecule has 2 aliphatic heterocycles. The van der Waals surface area contributed by atoms with E-state index in [0.717, 1.165) is 40.7 Å². The standard InChI is InChI=1S/C28H32ClN5O3.C2HF3O2/c1-16(21-13-30-22-7-5-4-6-20(21)22)26(32-27(36)23-12-25(35)31-23)28(37)34-15-17(14-33(2)3)10-18-11-19(29)8-9-24(18)34;3-2(4,5)1(6)7/h4-9,11,13,16-17,23,26,30H,10,12,14-15H2,1-3H3,(H,31,35)(H,32,36);(H,6,7)/t16?,17-,23+,26?;/m1./s1. The first-order valence-electron chi connectivity index (χ1n) is 13.9. The summed E-state index contributed by atoms with van der Waals surface area (Å²) in [6, 6.07) is 12.1. The number of alkyl halides is 3. The van der Waals surface area contributed by atoms with E-state index < -0.39 is 24.2 Å². The molecule has 2 unspecified atom stereocenters. The van der Waals surface area contributed by atoms with Crippen molar-refractivity contribution in [3.63, 3.8) is 0 Å². The molecule has 4 atom stereocenters. The molecule has 3 heterocycles. The Kier molecular flexibility index (Phi) is 9.89. The van der Waals surface area contributed by atoms with Gasteiger partial charge in [-0.3, -0.25) is 14.4 Å². The zero-order valence-electron chi connectivity index (χ0n) is 24.2. The van der Waals surface area contributed by atoms with Gasteiger partial charge in [-0.2, -0.15) is 13.2 Å². The number of aromatic amines is 1. The van der Waals surface area contributed by atoms with Crippen LogP contribution in [0.1, 0.15) is 30.4 Å². The van der Waals surface area contributed by atoms with Gasteiger partial charge in [0.1, 0.15) is 12.1 Å². The number of amides is 3. The summed E-state index contributed by atoms with van der Waals surface area (Å²) in [5.74, 6) is -3.55. The number of β-lactam (4-membered cyclic amide) rings is 1. The van der Waals surface area contributed by atoms with Gasteiger partial charge < -0.3 is 30.5 Å². The van der Waals surface area contributed by atoms with E-state index in [9.17, 15) is 27.6 Å². The molecule has 236 valence electrons. The van der Waals surface area contributed by atoms with Crippen molar-refractivity contribution in [2.45, 2.75) is 43.9 Å². The average Bonchev–Trinajstić information content (AvgIpc) is 3.36. The lowest BCUT2D eigenvalue weighted by Crippen LogP contribution is -2.61. The summed E-state index contributed by atoms with van der Waals surface area (Å²) in [6.07, 6.45) is -2.23. The summed E-state index contributed by atoms with van der Waals surface area (Å²) in [5, 5.41) is 14.4. The highest BCUT2D eigenvalue weighted by Gasteiger charge is 2.40. The molecular weight excluding hydrogens is 603 g/mol. The fourth-order valence-electron chi connectivity index (χ4n) is 5.55. The monoisotopic (exact) mass is 635 g/mol. The third kappa shape index (κ3) is 7.51. The van der Waals surface area contributed by atoms with Gasteiger partial charge in [-0.25, -0.2) is 4.79 Å². The normalized spacial score (nSPS) is 19.2. The smallest absolute Gasteiger partial charge is 0.475 e. The predicted octanol–water partition coefficient (Wildman–Crippen LogP) is 3.70. The van der Waals surface area contributed by atoms with Gasteiger partial charge in [0.05, 0.1) is 6.42 Å². The number of aliphatic carboxylic acids is 1. The van der Waals surface area contributed by atoms with Crippen LogP contribution in [0.2, 0.25) is 5.02 Å². The van der Waals surface area contributed by atoms with Crippen LogP contribution in [-0.4, -0.2) is 84.1 Å². The molecule has 1 aromatic heterocycles. The molecule has 1 fully saturated rings. The number of para-hydroxylation sites is 1. The summed E-state index contributed by atoms with van der Waals surface area (Å²) in [5.41, 5.74) is 3.77. The third-order valence-electron chi connectivity index (χ3n) is 7.63. The summed E-state index contributed by atoms with van der Waals surface area (Å²) in [7, 11) is 4.04. The van der Waals surface area contributed by atoms with Gasteiger partial charge in [0.2, 0.25) is 17.7 Å². The maximum Gasteiger partial charge on any atom is 0.490 e. The number of carbonyl (C=O) groups is 4. The van der Waals surface area contributed by atoms with Gasteiger partial charge in [0, 0.05) is 46.8 Å². The Balaban J connectivity index is 0.000000566. The Bertz CT molecular complexity index is 1550. The molecule has 0 radical (unpaired) electrons. The van der Waals surface area contributed by atoms with Gasteiger partial charge in [-0.05, 0) is 61.8 Å². The lowest BCUT2D eigenvalue weighted by molar-refractivity contribution is -0.192. The Morgan fingerprint density at radius 3 is 2.43 bits per heavy atom. The molecule has 0 saturated carbocycles. The molecule has 3 amide bonds. The van der Waals surface area contributed by atoms with Crippen molar-refractivity contribution in [1.29, 1.82) is 0 Å². The average molecular weight is 636 g/mol. The van der Waals surface area contributed by atoms with E-state index in [1.54, 1.807) is 11.0 Å². The fraction of sp³-hybridized carbons (Fsp3) is 0.400. The van der Waals surface area contributed by atoms with Crippen molar-refractivity contribution in [2.24, 2.45) is 5.92 Å². The number of nitrogens with zero attached hydrogens (tertiary/aromatic N) is 2. The largest absolute Gasteiger partial charge is 0.490 e. The van der Waals surface area contributed by atoms with Crippen molar-refractivity contribution in [3.8, 4) is 0 Å². The number of H-pyrrole nitrogens is 1. The molecular formula is C30H33ClF3N5O5. The number of carbonyl (C=O) groups excluding carboxylic acids is 3. The molecule has 10 nitrogen and oxygen atoms in total. The number of fused-ring (bicyclic) bond motifs is 2. The molecule has 44 heavy (non-hydrogen) atoms. The summed E-state index contributed by atoms with van der Waals surface area (Å²) in [6.45, 7) is 3.32. The highest BCUT2D eigenvalue weighted by Crippen LogP contribution is 2.35. The molecule has 5 rings (SSSR count). The van der Waals surface area contributed by atoms with Crippen LogP contribution in [0.4, 0.5) is 18.9 Å². The quantitative estimate of drug-likeness (QED) is 0.293. The maximum atomic E-state index is 14.3. The van der Waals surface area contributed by atoms with Gasteiger partial charge in [-0.1, -0.05) is 36.7 Å². The van der Waals surface area contributed by atoms with E-state index in [4.69, 9.17) is 21.5 Å².